The molecule has 0 aromatic carbocycles. The van der Waals surface area contributed by atoms with E-state index in [1.54, 1.807) is 0 Å². The Labute approximate surface area is 118 Å². The number of aromatic nitrogens is 2. The molecule has 0 spiro atoms. The first-order valence-corrected chi connectivity index (χ1v) is 8.54. The Balaban J connectivity index is 2.03. The van der Waals surface area contributed by atoms with Crippen molar-refractivity contribution in [2.45, 2.75) is 32.2 Å². The maximum Gasteiger partial charge on any atom is 0.242 e. The van der Waals surface area contributed by atoms with E-state index in [0.717, 1.165) is 6.42 Å². The third kappa shape index (κ3) is 3.72. The molecular weight excluding hydrogens is 280 g/mol. The number of sulfone groups is 1. The third-order valence-corrected chi connectivity index (χ3v) is 4.90. The molecule has 7 nitrogen and oxygen atoms in total. The normalized spacial score (nSPS) is 18.6. The van der Waals surface area contributed by atoms with Crippen molar-refractivity contribution in [1.82, 2.24) is 9.97 Å². The molecule has 0 unspecified atom stereocenters. The largest absolute Gasteiger partial charge is 0.476 e. The van der Waals surface area contributed by atoms with Crippen LogP contribution >= 0.6 is 0 Å². The molecule has 2 rings (SSSR count). The fourth-order valence-electron chi connectivity index (χ4n) is 2.04. The van der Waals surface area contributed by atoms with Gasteiger partial charge in [-0.05, 0) is 19.3 Å². The van der Waals surface area contributed by atoms with Gasteiger partial charge in [0, 0.05) is 6.04 Å². The lowest BCUT2D eigenvalue weighted by molar-refractivity contribution is 0.306. The van der Waals surface area contributed by atoms with Crippen molar-refractivity contribution in [3.05, 3.63) is 6.33 Å². The van der Waals surface area contributed by atoms with Gasteiger partial charge in [0.15, 0.2) is 5.82 Å². The Bertz CT molecular complexity index is 548. The van der Waals surface area contributed by atoms with Crippen LogP contribution in [0.4, 0.5) is 11.5 Å². The molecule has 2 heterocycles. The van der Waals surface area contributed by atoms with Gasteiger partial charge in [-0.1, -0.05) is 6.92 Å². The van der Waals surface area contributed by atoms with E-state index in [1.807, 2.05) is 6.92 Å². The Morgan fingerprint density at radius 1 is 1.40 bits per heavy atom. The SMILES string of the molecule is CCCOc1ncnc(NC2CCS(=O)(=O)CC2)c1N. The van der Waals surface area contributed by atoms with Gasteiger partial charge >= 0.3 is 0 Å². The molecule has 1 aromatic rings. The fourth-order valence-corrected chi connectivity index (χ4v) is 3.53. The van der Waals surface area contributed by atoms with E-state index in [1.165, 1.54) is 6.33 Å². The third-order valence-electron chi connectivity index (χ3n) is 3.19. The van der Waals surface area contributed by atoms with Crippen LogP contribution < -0.4 is 15.8 Å². The van der Waals surface area contributed by atoms with Crippen LogP contribution in [0.2, 0.25) is 0 Å². The highest BCUT2D eigenvalue weighted by atomic mass is 32.2. The maximum absolute atomic E-state index is 11.4. The lowest BCUT2D eigenvalue weighted by Gasteiger charge is -2.24. The first-order valence-electron chi connectivity index (χ1n) is 6.72. The van der Waals surface area contributed by atoms with Crippen LogP contribution in [0, 0.1) is 0 Å². The average molecular weight is 300 g/mol. The van der Waals surface area contributed by atoms with Crippen LogP contribution in [-0.2, 0) is 9.84 Å². The number of hydrogen-bond donors (Lipinski definition) is 2. The van der Waals surface area contributed by atoms with Crippen molar-refractivity contribution < 1.29 is 13.2 Å². The molecule has 8 heteroatoms. The molecule has 0 bridgehead atoms. The fraction of sp³-hybridized carbons (Fsp3) is 0.667. The molecule has 0 radical (unpaired) electrons. The van der Waals surface area contributed by atoms with Gasteiger partial charge in [-0.2, -0.15) is 4.98 Å². The number of nitrogens with one attached hydrogen (secondary N) is 1. The average Bonchev–Trinajstić information content (AvgIpc) is 2.42. The van der Waals surface area contributed by atoms with Crippen LogP contribution in [0.25, 0.3) is 0 Å². The van der Waals surface area contributed by atoms with Gasteiger partial charge in [-0.3, -0.25) is 0 Å². The van der Waals surface area contributed by atoms with E-state index in [-0.39, 0.29) is 17.5 Å². The summed E-state index contributed by atoms with van der Waals surface area (Å²) >= 11 is 0. The predicted molar refractivity (Wildman–Crippen MR) is 77.5 cm³/mol. The Kier molecular flexibility index (Phi) is 4.64. The molecular formula is C12H20N4O3S. The van der Waals surface area contributed by atoms with E-state index in [9.17, 15) is 8.42 Å². The standard InChI is InChI=1S/C12H20N4O3S/c1-2-5-19-12-10(13)11(14-8-15-12)16-9-3-6-20(17,18)7-4-9/h8-9H,2-7,13H2,1H3,(H,14,15,16). The number of nitrogens with zero attached hydrogens (tertiary/aromatic N) is 2. The summed E-state index contributed by atoms with van der Waals surface area (Å²) in [7, 11) is -2.87. The summed E-state index contributed by atoms with van der Waals surface area (Å²) < 4.78 is 28.2. The van der Waals surface area contributed by atoms with Gasteiger partial charge in [0.25, 0.3) is 0 Å². The van der Waals surface area contributed by atoms with E-state index >= 15 is 0 Å². The lowest BCUT2D eigenvalue weighted by Crippen LogP contribution is -2.32. The zero-order valence-corrected chi connectivity index (χ0v) is 12.3. The minimum absolute atomic E-state index is 0.0646. The van der Waals surface area contributed by atoms with Crippen LogP contribution in [-0.4, -0.2) is 42.5 Å². The Hall–Kier alpha value is -1.57. The molecule has 1 aliphatic rings. The highest BCUT2D eigenvalue weighted by Gasteiger charge is 2.24. The van der Waals surface area contributed by atoms with Crippen LogP contribution in [0.1, 0.15) is 26.2 Å². The molecule has 1 fully saturated rings. The zero-order valence-electron chi connectivity index (χ0n) is 11.5. The molecule has 0 atom stereocenters. The smallest absolute Gasteiger partial charge is 0.242 e. The molecule has 0 amide bonds. The van der Waals surface area contributed by atoms with Gasteiger partial charge in [0.1, 0.15) is 21.9 Å². The summed E-state index contributed by atoms with van der Waals surface area (Å²) in [5.74, 6) is 1.28. The molecule has 1 saturated heterocycles. The van der Waals surface area contributed by atoms with E-state index in [2.05, 4.69) is 15.3 Å². The lowest BCUT2D eigenvalue weighted by atomic mass is 10.1. The molecule has 1 aliphatic heterocycles. The van der Waals surface area contributed by atoms with Crippen molar-refractivity contribution in [3.63, 3.8) is 0 Å². The summed E-state index contributed by atoms with van der Waals surface area (Å²) in [5, 5.41) is 3.18. The van der Waals surface area contributed by atoms with E-state index < -0.39 is 9.84 Å². The van der Waals surface area contributed by atoms with Gasteiger partial charge in [0.05, 0.1) is 18.1 Å². The predicted octanol–water partition coefficient (Wildman–Crippen LogP) is 0.837. The van der Waals surface area contributed by atoms with E-state index in [0.29, 0.717) is 36.8 Å². The highest BCUT2D eigenvalue weighted by Crippen LogP contribution is 2.27. The number of nitrogens with two attached hydrogens (primary N) is 1. The van der Waals surface area contributed by atoms with Crippen molar-refractivity contribution in [2.24, 2.45) is 0 Å². The molecule has 0 aliphatic carbocycles. The quantitative estimate of drug-likeness (QED) is 0.829. The minimum atomic E-state index is -2.87. The highest BCUT2D eigenvalue weighted by molar-refractivity contribution is 7.91. The second-order valence-corrected chi connectivity index (χ2v) is 7.16. The monoisotopic (exact) mass is 300 g/mol. The van der Waals surface area contributed by atoms with Crippen LogP contribution in [0.15, 0.2) is 6.33 Å². The Morgan fingerprint density at radius 2 is 2.10 bits per heavy atom. The molecule has 1 aromatic heterocycles. The zero-order chi connectivity index (χ0) is 14.6. The van der Waals surface area contributed by atoms with Crippen molar-refractivity contribution >= 4 is 21.3 Å². The number of rotatable bonds is 5. The van der Waals surface area contributed by atoms with Gasteiger partial charge in [0.2, 0.25) is 5.88 Å². The summed E-state index contributed by atoms with van der Waals surface area (Å²) in [6.07, 6.45) is 3.39. The van der Waals surface area contributed by atoms with Crippen molar-refractivity contribution in [3.8, 4) is 5.88 Å². The number of anilines is 2. The van der Waals surface area contributed by atoms with Gasteiger partial charge in [-0.25, -0.2) is 13.4 Å². The Morgan fingerprint density at radius 3 is 2.75 bits per heavy atom. The first kappa shape index (κ1) is 14.8. The molecule has 20 heavy (non-hydrogen) atoms. The first-order chi connectivity index (χ1) is 9.52. The molecule has 3 N–H and O–H groups in total. The van der Waals surface area contributed by atoms with E-state index in [4.69, 9.17) is 10.5 Å². The summed E-state index contributed by atoms with van der Waals surface area (Å²) in [6.45, 7) is 2.54. The summed E-state index contributed by atoms with van der Waals surface area (Å²) in [5.41, 5.74) is 6.33. The summed E-state index contributed by atoms with van der Waals surface area (Å²) in [6, 6.07) is 0.0646. The second kappa shape index (κ2) is 6.25. The van der Waals surface area contributed by atoms with Crippen LogP contribution in [0.5, 0.6) is 5.88 Å². The summed E-state index contributed by atoms with van der Waals surface area (Å²) in [4.78, 5) is 8.10. The molecule has 112 valence electrons. The van der Waals surface area contributed by atoms with Crippen molar-refractivity contribution in [1.29, 1.82) is 0 Å². The second-order valence-electron chi connectivity index (χ2n) is 4.86. The molecule has 0 saturated carbocycles. The minimum Gasteiger partial charge on any atom is -0.476 e. The van der Waals surface area contributed by atoms with Gasteiger partial charge < -0.3 is 15.8 Å². The van der Waals surface area contributed by atoms with Gasteiger partial charge in [-0.15, -0.1) is 0 Å². The van der Waals surface area contributed by atoms with Crippen LogP contribution in [0.3, 0.4) is 0 Å². The topological polar surface area (TPSA) is 107 Å². The van der Waals surface area contributed by atoms with Crippen molar-refractivity contribution in [2.75, 3.05) is 29.2 Å². The number of hydrogen-bond acceptors (Lipinski definition) is 7. The number of ether oxygens (including phenoxy) is 1. The maximum atomic E-state index is 11.4. The number of nitrogen functional groups attached to an aromatic ring is 1.